The topological polar surface area (TPSA) is 12.4 Å². The van der Waals surface area contributed by atoms with E-state index < -0.39 is 0 Å². The summed E-state index contributed by atoms with van der Waals surface area (Å²) in [6.45, 7) is 3.19. The van der Waals surface area contributed by atoms with Gasteiger partial charge in [0.05, 0.1) is 6.54 Å². The van der Waals surface area contributed by atoms with Gasteiger partial charge in [-0.2, -0.15) is 0 Å². The van der Waals surface area contributed by atoms with Gasteiger partial charge < -0.3 is 0 Å². The maximum atomic E-state index is 4.72. The lowest BCUT2D eigenvalue weighted by molar-refractivity contribution is 0.499. The van der Waals surface area contributed by atoms with Crippen molar-refractivity contribution < 1.29 is 0 Å². The molecule has 1 saturated carbocycles. The first-order chi connectivity index (χ1) is 7.34. The quantitative estimate of drug-likeness (QED) is 0.689. The molecule has 1 aliphatic rings. The van der Waals surface area contributed by atoms with Crippen molar-refractivity contribution in [3.8, 4) is 0 Å². The Labute approximate surface area is 92.2 Å². The number of aliphatic imine (C=N–C) groups is 1. The molecule has 1 fully saturated rings. The third-order valence-electron chi connectivity index (χ3n) is 3.07. The van der Waals surface area contributed by atoms with E-state index in [1.54, 1.807) is 0 Å². The Morgan fingerprint density at radius 1 is 1.27 bits per heavy atom. The van der Waals surface area contributed by atoms with Crippen LogP contribution in [0, 0.1) is 5.92 Å². The van der Waals surface area contributed by atoms with Gasteiger partial charge in [0.15, 0.2) is 0 Å². The van der Waals surface area contributed by atoms with Crippen molar-refractivity contribution in [3.05, 3.63) is 35.9 Å². The van der Waals surface area contributed by atoms with E-state index in [0.29, 0.717) is 0 Å². The Balaban J connectivity index is 1.93. The summed E-state index contributed by atoms with van der Waals surface area (Å²) >= 11 is 0. The van der Waals surface area contributed by atoms with Crippen LogP contribution in [0.3, 0.4) is 0 Å². The van der Waals surface area contributed by atoms with Crippen molar-refractivity contribution in [3.63, 3.8) is 0 Å². The summed E-state index contributed by atoms with van der Waals surface area (Å²) < 4.78 is 0. The summed E-state index contributed by atoms with van der Waals surface area (Å²) in [5, 5.41) is 0. The van der Waals surface area contributed by atoms with Crippen molar-refractivity contribution in [2.45, 2.75) is 39.2 Å². The minimum atomic E-state index is 0.841. The molecule has 0 spiro atoms. The normalized spacial score (nSPS) is 24.3. The van der Waals surface area contributed by atoms with Gasteiger partial charge in [0.25, 0.3) is 0 Å². The summed E-state index contributed by atoms with van der Waals surface area (Å²) in [6, 6.07) is 10.5. The van der Waals surface area contributed by atoms with E-state index in [-0.39, 0.29) is 0 Å². The Kier molecular flexibility index (Phi) is 3.54. The van der Waals surface area contributed by atoms with Crippen molar-refractivity contribution >= 4 is 5.71 Å². The summed E-state index contributed by atoms with van der Waals surface area (Å²) in [7, 11) is 0. The molecular weight excluding hydrogens is 182 g/mol. The van der Waals surface area contributed by atoms with E-state index in [0.717, 1.165) is 12.5 Å². The van der Waals surface area contributed by atoms with Crippen LogP contribution in [-0.4, -0.2) is 5.71 Å². The van der Waals surface area contributed by atoms with Gasteiger partial charge in [0.1, 0.15) is 0 Å². The van der Waals surface area contributed by atoms with E-state index in [1.807, 2.05) is 0 Å². The predicted molar refractivity (Wildman–Crippen MR) is 65.2 cm³/mol. The fourth-order valence-corrected chi connectivity index (χ4v) is 2.19. The highest BCUT2D eigenvalue weighted by atomic mass is 14.7. The average Bonchev–Trinajstić information content (AvgIpc) is 2.28. The summed E-state index contributed by atoms with van der Waals surface area (Å²) in [6.07, 6.45) is 5.14. The van der Waals surface area contributed by atoms with Crippen LogP contribution in [0.15, 0.2) is 35.3 Å². The largest absolute Gasteiger partial charge is 0.289 e. The highest BCUT2D eigenvalue weighted by Crippen LogP contribution is 2.21. The monoisotopic (exact) mass is 201 g/mol. The fraction of sp³-hybridized carbons (Fsp3) is 0.500. The maximum absolute atomic E-state index is 4.72. The smallest absolute Gasteiger partial charge is 0.0639 e. The van der Waals surface area contributed by atoms with Crippen molar-refractivity contribution in [1.29, 1.82) is 0 Å². The molecule has 0 aromatic heterocycles. The molecule has 2 rings (SSSR count). The van der Waals surface area contributed by atoms with Gasteiger partial charge in [-0.15, -0.1) is 0 Å². The number of nitrogens with zero attached hydrogens (tertiary/aromatic N) is 1. The molecule has 15 heavy (non-hydrogen) atoms. The SMILES string of the molecule is CC1CCC/C(=N/Cc2ccccc2)C1. The number of rotatable bonds is 2. The molecule has 0 bridgehead atoms. The predicted octanol–water partition coefficient (Wildman–Crippen LogP) is 3.84. The van der Waals surface area contributed by atoms with E-state index in [4.69, 9.17) is 4.99 Å². The Morgan fingerprint density at radius 2 is 2.07 bits per heavy atom. The summed E-state index contributed by atoms with van der Waals surface area (Å²) in [5.41, 5.74) is 2.75. The van der Waals surface area contributed by atoms with Crippen LogP contribution in [0.1, 0.15) is 38.2 Å². The fourth-order valence-electron chi connectivity index (χ4n) is 2.19. The van der Waals surface area contributed by atoms with Gasteiger partial charge in [-0.1, -0.05) is 37.3 Å². The molecule has 0 heterocycles. The van der Waals surface area contributed by atoms with Crippen LogP contribution in [-0.2, 0) is 6.54 Å². The molecule has 1 aromatic rings. The van der Waals surface area contributed by atoms with Gasteiger partial charge >= 0.3 is 0 Å². The first-order valence-electron chi connectivity index (χ1n) is 5.91. The van der Waals surface area contributed by atoms with Gasteiger partial charge in [0.2, 0.25) is 0 Å². The lowest BCUT2D eigenvalue weighted by Crippen LogP contribution is -2.12. The second-order valence-corrected chi connectivity index (χ2v) is 4.57. The van der Waals surface area contributed by atoms with Crippen LogP contribution in [0.4, 0.5) is 0 Å². The zero-order valence-corrected chi connectivity index (χ0v) is 9.45. The highest BCUT2D eigenvalue weighted by molar-refractivity contribution is 5.85. The van der Waals surface area contributed by atoms with E-state index >= 15 is 0 Å². The third kappa shape index (κ3) is 3.19. The molecule has 1 unspecified atom stereocenters. The first kappa shape index (κ1) is 10.4. The van der Waals surface area contributed by atoms with E-state index in [1.165, 1.54) is 37.0 Å². The molecule has 0 amide bonds. The maximum Gasteiger partial charge on any atom is 0.0639 e. The molecule has 1 aliphatic carbocycles. The average molecular weight is 201 g/mol. The Bertz CT molecular complexity index is 326. The number of hydrogen-bond acceptors (Lipinski definition) is 1. The van der Waals surface area contributed by atoms with Crippen LogP contribution < -0.4 is 0 Å². The third-order valence-corrected chi connectivity index (χ3v) is 3.07. The van der Waals surface area contributed by atoms with Gasteiger partial charge in [0, 0.05) is 5.71 Å². The minimum Gasteiger partial charge on any atom is -0.289 e. The molecule has 0 aliphatic heterocycles. The van der Waals surface area contributed by atoms with E-state index in [9.17, 15) is 0 Å². The highest BCUT2D eigenvalue weighted by Gasteiger charge is 2.13. The molecule has 0 N–H and O–H groups in total. The van der Waals surface area contributed by atoms with Gasteiger partial charge in [-0.3, -0.25) is 4.99 Å². The van der Waals surface area contributed by atoms with Crippen LogP contribution in [0.5, 0.6) is 0 Å². The molecule has 1 atom stereocenters. The van der Waals surface area contributed by atoms with Crippen molar-refractivity contribution in [2.75, 3.05) is 0 Å². The zero-order chi connectivity index (χ0) is 10.5. The van der Waals surface area contributed by atoms with Crippen LogP contribution >= 0.6 is 0 Å². The molecule has 1 nitrogen and oxygen atoms in total. The lowest BCUT2D eigenvalue weighted by Gasteiger charge is -2.19. The number of hydrogen-bond donors (Lipinski definition) is 0. The minimum absolute atomic E-state index is 0.841. The standard InChI is InChI=1S/C14H19N/c1-12-6-5-9-14(10-12)15-11-13-7-3-2-4-8-13/h2-4,7-8,12H,5-6,9-11H2,1H3/b15-14-. The molecule has 1 aromatic carbocycles. The van der Waals surface area contributed by atoms with Crippen LogP contribution in [0.25, 0.3) is 0 Å². The molecule has 1 heteroatoms. The first-order valence-corrected chi connectivity index (χ1v) is 5.91. The van der Waals surface area contributed by atoms with Crippen LogP contribution in [0.2, 0.25) is 0 Å². The van der Waals surface area contributed by atoms with E-state index in [2.05, 4.69) is 37.3 Å². The Morgan fingerprint density at radius 3 is 2.80 bits per heavy atom. The molecular formula is C14H19N. The lowest BCUT2D eigenvalue weighted by atomic mass is 9.89. The zero-order valence-electron chi connectivity index (χ0n) is 9.45. The second-order valence-electron chi connectivity index (χ2n) is 4.57. The molecule has 80 valence electrons. The van der Waals surface area contributed by atoms with Gasteiger partial charge in [-0.25, -0.2) is 0 Å². The second kappa shape index (κ2) is 5.11. The molecule has 0 saturated heterocycles. The van der Waals surface area contributed by atoms with Crippen molar-refractivity contribution in [1.82, 2.24) is 0 Å². The summed E-state index contributed by atoms with van der Waals surface area (Å²) in [5.74, 6) is 0.841. The summed E-state index contributed by atoms with van der Waals surface area (Å²) in [4.78, 5) is 4.72. The number of benzene rings is 1. The van der Waals surface area contributed by atoms with Gasteiger partial charge in [-0.05, 0) is 37.2 Å². The van der Waals surface area contributed by atoms with Crippen molar-refractivity contribution in [2.24, 2.45) is 10.9 Å². The molecule has 0 radical (unpaired) electrons. The Hall–Kier alpha value is -1.11.